The lowest BCUT2D eigenvalue weighted by atomic mass is 10.0. The lowest BCUT2D eigenvalue weighted by molar-refractivity contribution is 0.0958. The first-order chi connectivity index (χ1) is 16.2. The Labute approximate surface area is 192 Å². The summed E-state index contributed by atoms with van der Waals surface area (Å²) in [5.74, 6) is 0.411. The van der Waals surface area contributed by atoms with E-state index in [1.54, 1.807) is 18.3 Å². The molecule has 0 radical (unpaired) electrons. The summed E-state index contributed by atoms with van der Waals surface area (Å²) in [5.41, 5.74) is 5.20. The number of hydrogen-bond acceptors (Lipinski definition) is 8. The van der Waals surface area contributed by atoms with Crippen molar-refractivity contribution in [2.75, 3.05) is 30.3 Å². The largest absolute Gasteiger partial charge is 0.396 e. The molecule has 1 aliphatic heterocycles. The van der Waals surface area contributed by atoms with Crippen LogP contribution in [0.2, 0.25) is 0 Å². The summed E-state index contributed by atoms with van der Waals surface area (Å²) in [4.78, 5) is 25.8. The molecular formula is C24H27N7O2. The van der Waals surface area contributed by atoms with Crippen LogP contribution in [0.4, 0.5) is 23.1 Å². The maximum Gasteiger partial charge on any atom is 0.256 e. The van der Waals surface area contributed by atoms with E-state index in [9.17, 15) is 9.90 Å². The molecule has 1 aromatic carbocycles. The molecular weight excluding hydrogens is 418 g/mol. The lowest BCUT2D eigenvalue weighted by Crippen LogP contribution is -2.25. The number of carbonyl (C=O) groups excluding carboxylic acids is 1. The van der Waals surface area contributed by atoms with Crippen LogP contribution >= 0.6 is 0 Å². The predicted molar refractivity (Wildman–Crippen MR) is 128 cm³/mol. The van der Waals surface area contributed by atoms with Crippen LogP contribution in [0.3, 0.4) is 0 Å². The zero-order valence-corrected chi connectivity index (χ0v) is 18.3. The highest BCUT2D eigenvalue weighted by atomic mass is 16.3. The molecule has 4 rings (SSSR count). The van der Waals surface area contributed by atoms with E-state index in [1.807, 2.05) is 12.1 Å². The van der Waals surface area contributed by atoms with Crippen molar-refractivity contribution in [1.82, 2.24) is 25.6 Å². The standard InChI is InChI=1S/C24H27N7O2/c1-2-8-27-23(33)21-15-28-24(30-19-4-3-16-5-9-25-14-17(16)12-19)31-22(21)29-20-6-10-26-18(13-20)7-11-32/h2-4,6,10,12-13,15,25,32H,1,5,7-9,11,14H2,(H,27,33)(H2,26,28,29,30,31). The van der Waals surface area contributed by atoms with Crippen LogP contribution in [-0.2, 0) is 19.4 Å². The molecule has 1 aliphatic rings. The van der Waals surface area contributed by atoms with Gasteiger partial charge in [-0.05, 0) is 48.4 Å². The topological polar surface area (TPSA) is 124 Å². The summed E-state index contributed by atoms with van der Waals surface area (Å²) >= 11 is 0. The van der Waals surface area contributed by atoms with Gasteiger partial charge in [-0.15, -0.1) is 6.58 Å². The number of nitrogens with one attached hydrogen (secondary N) is 4. The summed E-state index contributed by atoms with van der Waals surface area (Å²) in [5, 5.41) is 21.8. The van der Waals surface area contributed by atoms with Crippen LogP contribution in [0.15, 0.2) is 55.4 Å². The van der Waals surface area contributed by atoms with Crippen molar-refractivity contribution in [2.45, 2.75) is 19.4 Å². The molecule has 9 heteroatoms. The number of benzene rings is 1. The van der Waals surface area contributed by atoms with Gasteiger partial charge in [-0.2, -0.15) is 4.98 Å². The molecule has 3 heterocycles. The van der Waals surface area contributed by atoms with Crippen molar-refractivity contribution >= 4 is 29.0 Å². The minimum Gasteiger partial charge on any atom is -0.396 e. The Hall–Kier alpha value is -3.82. The van der Waals surface area contributed by atoms with Crippen LogP contribution in [0, 0.1) is 0 Å². The summed E-state index contributed by atoms with van der Waals surface area (Å²) in [6.07, 6.45) is 6.19. The maximum absolute atomic E-state index is 12.7. The van der Waals surface area contributed by atoms with E-state index in [4.69, 9.17) is 0 Å². The highest BCUT2D eigenvalue weighted by molar-refractivity contribution is 5.99. The number of amides is 1. The van der Waals surface area contributed by atoms with Gasteiger partial charge in [0.2, 0.25) is 5.95 Å². The van der Waals surface area contributed by atoms with E-state index in [1.165, 1.54) is 17.3 Å². The Morgan fingerprint density at radius 3 is 2.88 bits per heavy atom. The van der Waals surface area contributed by atoms with Gasteiger partial charge < -0.3 is 26.4 Å². The van der Waals surface area contributed by atoms with Crippen molar-refractivity contribution in [3.05, 3.63) is 77.8 Å². The van der Waals surface area contributed by atoms with E-state index in [0.29, 0.717) is 36.0 Å². The quantitative estimate of drug-likeness (QED) is 0.318. The van der Waals surface area contributed by atoms with Crippen molar-refractivity contribution < 1.29 is 9.90 Å². The van der Waals surface area contributed by atoms with Crippen LogP contribution in [-0.4, -0.2) is 45.7 Å². The Morgan fingerprint density at radius 2 is 2.03 bits per heavy atom. The molecule has 9 nitrogen and oxygen atoms in total. The highest BCUT2D eigenvalue weighted by Gasteiger charge is 2.16. The average Bonchev–Trinajstić information content (AvgIpc) is 2.83. The second kappa shape index (κ2) is 10.7. The third kappa shape index (κ3) is 5.71. The fourth-order valence-corrected chi connectivity index (χ4v) is 3.59. The van der Waals surface area contributed by atoms with Gasteiger partial charge in [0, 0.05) is 55.6 Å². The van der Waals surface area contributed by atoms with Gasteiger partial charge in [0.1, 0.15) is 11.4 Å². The number of hydrogen-bond donors (Lipinski definition) is 5. The second-order valence-electron chi connectivity index (χ2n) is 7.62. The first-order valence-corrected chi connectivity index (χ1v) is 10.8. The minimum absolute atomic E-state index is 0.00351. The average molecular weight is 446 g/mol. The van der Waals surface area contributed by atoms with Crippen molar-refractivity contribution in [3.8, 4) is 0 Å². The van der Waals surface area contributed by atoms with Gasteiger partial charge in [0.25, 0.3) is 5.91 Å². The lowest BCUT2D eigenvalue weighted by Gasteiger charge is -2.18. The van der Waals surface area contributed by atoms with E-state index < -0.39 is 0 Å². The van der Waals surface area contributed by atoms with Gasteiger partial charge in [0.15, 0.2) is 0 Å². The molecule has 0 unspecified atom stereocenters. The minimum atomic E-state index is -0.312. The van der Waals surface area contributed by atoms with E-state index >= 15 is 0 Å². The van der Waals surface area contributed by atoms with Gasteiger partial charge >= 0.3 is 0 Å². The van der Waals surface area contributed by atoms with Crippen molar-refractivity contribution in [1.29, 1.82) is 0 Å². The smallest absolute Gasteiger partial charge is 0.256 e. The number of nitrogens with zero attached hydrogens (tertiary/aromatic N) is 3. The number of anilines is 4. The molecule has 0 saturated heterocycles. The summed E-state index contributed by atoms with van der Waals surface area (Å²) in [6.45, 7) is 5.79. The number of aliphatic hydroxyl groups is 1. The molecule has 0 spiro atoms. The van der Waals surface area contributed by atoms with Crippen LogP contribution in [0.25, 0.3) is 0 Å². The first-order valence-electron chi connectivity index (χ1n) is 10.8. The molecule has 2 aromatic heterocycles. The fraction of sp³-hybridized carbons (Fsp3) is 0.250. The number of aliphatic hydroxyl groups excluding tert-OH is 1. The number of rotatable bonds is 9. The van der Waals surface area contributed by atoms with E-state index in [0.717, 1.165) is 30.9 Å². The third-order valence-corrected chi connectivity index (χ3v) is 5.24. The molecule has 3 aromatic rings. The molecule has 170 valence electrons. The zero-order valence-electron chi connectivity index (χ0n) is 18.3. The number of fused-ring (bicyclic) bond motifs is 1. The van der Waals surface area contributed by atoms with Crippen molar-refractivity contribution in [3.63, 3.8) is 0 Å². The summed E-state index contributed by atoms with van der Waals surface area (Å²) in [6, 6.07) is 9.81. The van der Waals surface area contributed by atoms with Gasteiger partial charge in [0.05, 0.1) is 0 Å². The van der Waals surface area contributed by atoms with Crippen molar-refractivity contribution in [2.24, 2.45) is 0 Å². The Morgan fingerprint density at radius 1 is 1.15 bits per heavy atom. The number of aromatic nitrogens is 3. The Balaban J connectivity index is 1.62. The van der Waals surface area contributed by atoms with E-state index in [2.05, 4.69) is 54.9 Å². The van der Waals surface area contributed by atoms with Gasteiger partial charge in [-0.3, -0.25) is 9.78 Å². The highest BCUT2D eigenvalue weighted by Crippen LogP contribution is 2.24. The zero-order chi connectivity index (χ0) is 23.0. The first kappa shape index (κ1) is 22.4. The second-order valence-corrected chi connectivity index (χ2v) is 7.62. The molecule has 0 fully saturated rings. The molecule has 5 N–H and O–H groups in total. The van der Waals surface area contributed by atoms with Gasteiger partial charge in [-0.1, -0.05) is 12.1 Å². The molecule has 33 heavy (non-hydrogen) atoms. The summed E-state index contributed by atoms with van der Waals surface area (Å²) < 4.78 is 0. The predicted octanol–water partition coefficient (Wildman–Crippen LogP) is 2.46. The van der Waals surface area contributed by atoms with Crippen LogP contribution in [0.5, 0.6) is 0 Å². The molecule has 0 atom stereocenters. The Kier molecular flexibility index (Phi) is 7.23. The fourth-order valence-electron chi connectivity index (χ4n) is 3.59. The van der Waals surface area contributed by atoms with Gasteiger partial charge in [-0.25, -0.2) is 4.98 Å². The third-order valence-electron chi connectivity index (χ3n) is 5.24. The summed E-state index contributed by atoms with van der Waals surface area (Å²) in [7, 11) is 0. The monoisotopic (exact) mass is 445 g/mol. The normalized spacial score (nSPS) is 12.5. The SMILES string of the molecule is C=CCNC(=O)c1cnc(Nc2ccc3c(c2)CNCC3)nc1Nc1ccnc(CCO)c1. The number of carbonyl (C=O) groups is 1. The maximum atomic E-state index is 12.7. The molecule has 0 aliphatic carbocycles. The molecule has 1 amide bonds. The van der Waals surface area contributed by atoms with E-state index in [-0.39, 0.29) is 12.5 Å². The number of pyridine rings is 1. The molecule has 0 saturated carbocycles. The Bertz CT molecular complexity index is 1150. The van der Waals surface area contributed by atoms with Crippen LogP contribution < -0.4 is 21.3 Å². The molecule has 0 bridgehead atoms. The van der Waals surface area contributed by atoms with Crippen LogP contribution in [0.1, 0.15) is 27.2 Å².